The SMILES string of the molecule is CC(C)Oc1cncc(C(=O)N2CCc3c(nn(C)c3-c3cccc(Cl)c3)C2)c1. The predicted octanol–water partition coefficient (Wildman–Crippen LogP) is 4.12. The van der Waals surface area contributed by atoms with Crippen molar-refractivity contribution in [2.24, 2.45) is 7.05 Å². The van der Waals surface area contributed by atoms with E-state index in [4.69, 9.17) is 16.3 Å². The number of aryl methyl sites for hydroxylation is 1. The number of fused-ring (bicyclic) bond motifs is 1. The Labute approximate surface area is 175 Å². The van der Waals surface area contributed by atoms with Crippen molar-refractivity contribution in [3.63, 3.8) is 0 Å². The minimum absolute atomic E-state index is 0.0260. The van der Waals surface area contributed by atoms with Crippen molar-refractivity contribution in [2.75, 3.05) is 6.54 Å². The summed E-state index contributed by atoms with van der Waals surface area (Å²) in [5.41, 5.74) is 4.72. The highest BCUT2D eigenvalue weighted by Crippen LogP contribution is 2.31. The highest BCUT2D eigenvalue weighted by Gasteiger charge is 2.28. The third-order valence-electron chi connectivity index (χ3n) is 4.92. The zero-order valence-electron chi connectivity index (χ0n) is 16.7. The summed E-state index contributed by atoms with van der Waals surface area (Å²) in [6, 6.07) is 9.53. The van der Waals surface area contributed by atoms with Gasteiger partial charge in [0.25, 0.3) is 5.91 Å². The predicted molar refractivity (Wildman–Crippen MR) is 112 cm³/mol. The van der Waals surface area contributed by atoms with E-state index in [1.807, 2.05) is 54.7 Å². The van der Waals surface area contributed by atoms with Crippen molar-refractivity contribution in [3.8, 4) is 17.0 Å². The van der Waals surface area contributed by atoms with Gasteiger partial charge >= 0.3 is 0 Å². The Balaban J connectivity index is 1.58. The van der Waals surface area contributed by atoms with Crippen LogP contribution in [0.25, 0.3) is 11.3 Å². The fourth-order valence-corrected chi connectivity index (χ4v) is 3.94. The molecule has 0 aliphatic carbocycles. The maximum atomic E-state index is 13.0. The van der Waals surface area contributed by atoms with Crippen LogP contribution in [0.3, 0.4) is 0 Å². The van der Waals surface area contributed by atoms with E-state index in [0.29, 0.717) is 29.4 Å². The zero-order valence-corrected chi connectivity index (χ0v) is 17.5. The number of hydrogen-bond acceptors (Lipinski definition) is 4. The monoisotopic (exact) mass is 410 g/mol. The van der Waals surface area contributed by atoms with Gasteiger partial charge in [0.2, 0.25) is 0 Å². The smallest absolute Gasteiger partial charge is 0.255 e. The minimum atomic E-state index is -0.0627. The molecule has 0 spiro atoms. The van der Waals surface area contributed by atoms with Gasteiger partial charge in [-0.2, -0.15) is 5.10 Å². The van der Waals surface area contributed by atoms with Gasteiger partial charge in [0, 0.05) is 35.9 Å². The van der Waals surface area contributed by atoms with Crippen LogP contribution in [0.4, 0.5) is 0 Å². The van der Waals surface area contributed by atoms with Gasteiger partial charge in [0.15, 0.2) is 0 Å². The standard InChI is InChI=1S/C22H23ClN4O2/c1-14(2)29-18-10-16(11-24-12-18)22(28)27-8-7-19-20(13-27)25-26(3)21(19)15-5-4-6-17(23)9-15/h4-6,9-12,14H,7-8,13H2,1-3H3. The number of carbonyl (C=O) groups excluding carboxylic acids is 1. The van der Waals surface area contributed by atoms with Crippen molar-refractivity contribution >= 4 is 17.5 Å². The Hall–Kier alpha value is -2.86. The molecular formula is C22H23ClN4O2. The second-order valence-corrected chi connectivity index (χ2v) is 7.90. The number of amides is 1. The number of nitrogens with zero attached hydrogens (tertiary/aromatic N) is 4. The number of carbonyl (C=O) groups is 1. The van der Waals surface area contributed by atoms with E-state index in [1.54, 1.807) is 18.5 Å². The molecule has 0 unspecified atom stereocenters. The van der Waals surface area contributed by atoms with E-state index in [1.165, 1.54) is 5.56 Å². The molecule has 150 valence electrons. The summed E-state index contributed by atoms with van der Waals surface area (Å²) in [4.78, 5) is 19.0. The Bertz CT molecular complexity index is 1060. The maximum Gasteiger partial charge on any atom is 0.255 e. The van der Waals surface area contributed by atoms with Gasteiger partial charge in [0.05, 0.1) is 35.8 Å². The van der Waals surface area contributed by atoms with Crippen LogP contribution >= 0.6 is 11.6 Å². The van der Waals surface area contributed by atoms with E-state index in [9.17, 15) is 4.79 Å². The fourth-order valence-electron chi connectivity index (χ4n) is 3.74. The summed E-state index contributed by atoms with van der Waals surface area (Å²) in [7, 11) is 1.93. The normalized spacial score (nSPS) is 13.5. The first-order valence-corrected chi connectivity index (χ1v) is 10.0. The maximum absolute atomic E-state index is 13.0. The third-order valence-corrected chi connectivity index (χ3v) is 5.15. The van der Waals surface area contributed by atoms with Crippen LogP contribution < -0.4 is 4.74 Å². The van der Waals surface area contributed by atoms with Crippen LogP contribution in [0.15, 0.2) is 42.7 Å². The minimum Gasteiger partial charge on any atom is -0.489 e. The first kappa shape index (κ1) is 19.5. The lowest BCUT2D eigenvalue weighted by Crippen LogP contribution is -2.36. The Morgan fingerprint density at radius 2 is 2.07 bits per heavy atom. The average Bonchev–Trinajstić information content (AvgIpc) is 3.02. The van der Waals surface area contributed by atoms with Crippen LogP contribution in [0.1, 0.15) is 35.5 Å². The third kappa shape index (κ3) is 3.98. The Morgan fingerprint density at radius 3 is 2.83 bits per heavy atom. The molecule has 0 saturated carbocycles. The number of aromatic nitrogens is 3. The molecule has 1 aliphatic heterocycles. The summed E-state index contributed by atoms with van der Waals surface area (Å²) in [5.74, 6) is 0.539. The average molecular weight is 411 g/mol. The fraction of sp³-hybridized carbons (Fsp3) is 0.318. The molecule has 0 N–H and O–H groups in total. The number of ether oxygens (including phenoxy) is 1. The largest absolute Gasteiger partial charge is 0.489 e. The summed E-state index contributed by atoms with van der Waals surface area (Å²) in [5, 5.41) is 5.38. The van der Waals surface area contributed by atoms with Gasteiger partial charge in [0.1, 0.15) is 5.75 Å². The molecule has 4 rings (SSSR count). The second kappa shape index (κ2) is 7.87. The van der Waals surface area contributed by atoms with Crippen molar-refractivity contribution in [1.82, 2.24) is 19.7 Å². The first-order chi connectivity index (χ1) is 13.9. The van der Waals surface area contributed by atoms with Crippen LogP contribution in [0.2, 0.25) is 5.02 Å². The highest BCUT2D eigenvalue weighted by molar-refractivity contribution is 6.30. The van der Waals surface area contributed by atoms with E-state index < -0.39 is 0 Å². The molecule has 1 aliphatic rings. The quantitative estimate of drug-likeness (QED) is 0.649. The van der Waals surface area contributed by atoms with Gasteiger partial charge in [-0.25, -0.2) is 0 Å². The number of halogens is 1. The number of rotatable bonds is 4. The summed E-state index contributed by atoms with van der Waals surface area (Å²) >= 11 is 6.18. The van der Waals surface area contributed by atoms with Gasteiger partial charge in [-0.1, -0.05) is 23.7 Å². The Kier molecular flexibility index (Phi) is 5.28. The van der Waals surface area contributed by atoms with Crippen LogP contribution in [0, 0.1) is 0 Å². The lowest BCUT2D eigenvalue weighted by molar-refractivity contribution is 0.0731. The molecule has 29 heavy (non-hydrogen) atoms. The van der Waals surface area contributed by atoms with Crippen LogP contribution in [-0.4, -0.2) is 38.2 Å². The van der Waals surface area contributed by atoms with E-state index in [2.05, 4.69) is 10.1 Å². The molecule has 0 fully saturated rings. The molecule has 0 saturated heterocycles. The molecule has 0 radical (unpaired) electrons. The van der Waals surface area contributed by atoms with Gasteiger partial charge < -0.3 is 9.64 Å². The summed E-state index contributed by atoms with van der Waals surface area (Å²) < 4.78 is 7.54. The molecular weight excluding hydrogens is 388 g/mol. The number of pyridine rings is 1. The van der Waals surface area contributed by atoms with Crippen molar-refractivity contribution in [2.45, 2.75) is 32.9 Å². The molecule has 2 aromatic heterocycles. The second-order valence-electron chi connectivity index (χ2n) is 7.46. The highest BCUT2D eigenvalue weighted by atomic mass is 35.5. The molecule has 1 amide bonds. The zero-order chi connectivity index (χ0) is 20.5. The molecule has 0 atom stereocenters. The number of hydrogen-bond donors (Lipinski definition) is 0. The van der Waals surface area contributed by atoms with Gasteiger partial charge in [-0.3, -0.25) is 14.5 Å². The van der Waals surface area contributed by atoms with Crippen LogP contribution in [-0.2, 0) is 20.0 Å². The molecule has 7 heteroatoms. The lowest BCUT2D eigenvalue weighted by Gasteiger charge is -2.26. The topological polar surface area (TPSA) is 60.2 Å². The van der Waals surface area contributed by atoms with Crippen molar-refractivity contribution in [3.05, 3.63) is 64.6 Å². The van der Waals surface area contributed by atoms with Crippen molar-refractivity contribution in [1.29, 1.82) is 0 Å². The lowest BCUT2D eigenvalue weighted by atomic mass is 9.99. The van der Waals surface area contributed by atoms with E-state index >= 15 is 0 Å². The Morgan fingerprint density at radius 1 is 1.24 bits per heavy atom. The van der Waals surface area contributed by atoms with E-state index in [0.717, 1.165) is 23.4 Å². The first-order valence-electron chi connectivity index (χ1n) is 9.64. The molecule has 0 bridgehead atoms. The van der Waals surface area contributed by atoms with Gasteiger partial charge in [-0.15, -0.1) is 0 Å². The summed E-state index contributed by atoms with van der Waals surface area (Å²) in [6.07, 6.45) is 3.98. The molecule has 6 nitrogen and oxygen atoms in total. The molecule has 3 aromatic rings. The molecule has 1 aromatic carbocycles. The van der Waals surface area contributed by atoms with E-state index in [-0.39, 0.29) is 12.0 Å². The number of benzene rings is 1. The molecule has 3 heterocycles. The summed E-state index contributed by atoms with van der Waals surface area (Å²) in [6.45, 7) is 4.98. The van der Waals surface area contributed by atoms with Crippen molar-refractivity contribution < 1.29 is 9.53 Å². The van der Waals surface area contributed by atoms with Crippen LogP contribution in [0.5, 0.6) is 5.75 Å². The van der Waals surface area contributed by atoms with Gasteiger partial charge in [-0.05, 0) is 38.5 Å².